The SMILES string of the molecule is CCCCCCN([C@@H]1C=C[C@H](OC(C)=O)[C@@H](COC(C)=O)O1)S(=O)(=O)c1ccc(C)cc1. The van der Waals surface area contributed by atoms with Gasteiger partial charge >= 0.3 is 11.9 Å². The number of carbonyl (C=O) groups excluding carboxylic acids is 2. The smallest absolute Gasteiger partial charge is 0.303 e. The normalized spacial score (nSPS) is 20.8. The predicted octanol–water partition coefficient (Wildman–Crippen LogP) is 3.34. The minimum Gasteiger partial charge on any atom is -0.463 e. The summed E-state index contributed by atoms with van der Waals surface area (Å²) in [6.45, 7) is 6.61. The monoisotopic (exact) mass is 467 g/mol. The Kier molecular flexibility index (Phi) is 9.86. The number of carbonyl (C=O) groups is 2. The lowest BCUT2D eigenvalue weighted by molar-refractivity contribution is -0.168. The van der Waals surface area contributed by atoms with Crippen LogP contribution in [0.4, 0.5) is 0 Å². The molecule has 1 aliphatic heterocycles. The first-order chi connectivity index (χ1) is 15.1. The zero-order valence-corrected chi connectivity index (χ0v) is 20.0. The summed E-state index contributed by atoms with van der Waals surface area (Å²) < 4.78 is 44.6. The maximum absolute atomic E-state index is 13.5. The molecule has 9 heteroatoms. The van der Waals surface area contributed by atoms with Crippen LogP contribution in [0.2, 0.25) is 0 Å². The first kappa shape index (κ1) is 26.0. The lowest BCUT2D eigenvalue weighted by atomic mass is 10.1. The Bertz CT molecular complexity index is 895. The van der Waals surface area contributed by atoms with Gasteiger partial charge < -0.3 is 14.2 Å². The molecule has 1 aliphatic rings. The van der Waals surface area contributed by atoms with Gasteiger partial charge in [-0.15, -0.1) is 0 Å². The van der Waals surface area contributed by atoms with Gasteiger partial charge in [0.2, 0.25) is 10.0 Å². The standard InChI is InChI=1S/C23H33NO7S/c1-5-6-7-8-15-24(32(27,28)20-11-9-17(2)10-12-20)23-14-13-21(30-19(4)26)22(31-23)16-29-18(3)25/h9-14,21-23H,5-8,15-16H2,1-4H3/t21-,22+,23-/m0/s1. The molecule has 3 atom stereocenters. The average Bonchev–Trinajstić information content (AvgIpc) is 2.73. The van der Waals surface area contributed by atoms with Crippen molar-refractivity contribution in [3.8, 4) is 0 Å². The maximum Gasteiger partial charge on any atom is 0.303 e. The van der Waals surface area contributed by atoms with Crippen LogP contribution in [0.5, 0.6) is 0 Å². The van der Waals surface area contributed by atoms with Gasteiger partial charge in [-0.25, -0.2) is 8.42 Å². The Labute approximate surface area is 190 Å². The van der Waals surface area contributed by atoms with Crippen molar-refractivity contribution in [2.45, 2.75) is 76.7 Å². The van der Waals surface area contributed by atoms with Gasteiger partial charge in [-0.1, -0.05) is 43.9 Å². The summed E-state index contributed by atoms with van der Waals surface area (Å²) in [5, 5.41) is 0. The summed E-state index contributed by atoms with van der Waals surface area (Å²) in [5.74, 6) is -1.02. The van der Waals surface area contributed by atoms with Crippen molar-refractivity contribution in [3.05, 3.63) is 42.0 Å². The van der Waals surface area contributed by atoms with Gasteiger partial charge in [0, 0.05) is 20.4 Å². The summed E-state index contributed by atoms with van der Waals surface area (Å²) in [5.41, 5.74) is 0.956. The molecular formula is C23H33NO7S. The van der Waals surface area contributed by atoms with E-state index in [0.717, 1.165) is 24.8 Å². The first-order valence-electron chi connectivity index (χ1n) is 10.9. The maximum atomic E-state index is 13.5. The molecule has 0 aromatic heterocycles. The first-order valence-corrected chi connectivity index (χ1v) is 12.3. The third kappa shape index (κ3) is 7.43. The molecule has 178 valence electrons. The minimum absolute atomic E-state index is 0.164. The summed E-state index contributed by atoms with van der Waals surface area (Å²) >= 11 is 0. The van der Waals surface area contributed by atoms with Gasteiger partial charge in [-0.2, -0.15) is 4.31 Å². The number of hydrogen-bond donors (Lipinski definition) is 0. The number of rotatable bonds is 11. The van der Waals surface area contributed by atoms with E-state index in [1.54, 1.807) is 36.4 Å². The second-order valence-electron chi connectivity index (χ2n) is 7.82. The molecule has 1 aromatic rings. The van der Waals surface area contributed by atoms with E-state index in [1.165, 1.54) is 18.2 Å². The van der Waals surface area contributed by atoms with Gasteiger partial charge in [-0.3, -0.25) is 9.59 Å². The van der Waals surface area contributed by atoms with Gasteiger partial charge in [0.25, 0.3) is 0 Å². The van der Waals surface area contributed by atoms with E-state index in [-0.39, 0.29) is 18.0 Å². The van der Waals surface area contributed by atoms with Crippen molar-refractivity contribution in [1.82, 2.24) is 4.31 Å². The van der Waals surface area contributed by atoms with Crippen LogP contribution >= 0.6 is 0 Å². The Morgan fingerprint density at radius 2 is 1.72 bits per heavy atom. The fourth-order valence-electron chi connectivity index (χ4n) is 3.36. The Morgan fingerprint density at radius 3 is 2.31 bits per heavy atom. The van der Waals surface area contributed by atoms with E-state index < -0.39 is 40.4 Å². The molecule has 0 radical (unpaired) electrons. The van der Waals surface area contributed by atoms with E-state index in [2.05, 4.69) is 6.92 Å². The van der Waals surface area contributed by atoms with Gasteiger partial charge in [-0.05, 0) is 37.6 Å². The molecule has 0 aliphatic carbocycles. The van der Waals surface area contributed by atoms with Gasteiger partial charge in [0.1, 0.15) is 25.0 Å². The summed E-state index contributed by atoms with van der Waals surface area (Å²) in [4.78, 5) is 22.9. The molecule has 0 fully saturated rings. The Hall–Kier alpha value is -2.23. The number of nitrogens with zero attached hydrogens (tertiary/aromatic N) is 1. The quantitative estimate of drug-likeness (QED) is 0.280. The Morgan fingerprint density at radius 1 is 1.03 bits per heavy atom. The molecule has 0 amide bonds. The number of ether oxygens (including phenoxy) is 3. The van der Waals surface area contributed by atoms with Crippen LogP contribution in [0.3, 0.4) is 0 Å². The molecule has 0 bridgehead atoms. The largest absolute Gasteiger partial charge is 0.463 e. The van der Waals surface area contributed by atoms with Crippen LogP contribution < -0.4 is 0 Å². The van der Waals surface area contributed by atoms with Crippen LogP contribution in [0.25, 0.3) is 0 Å². The summed E-state index contributed by atoms with van der Waals surface area (Å²) in [6, 6.07) is 6.66. The zero-order valence-electron chi connectivity index (χ0n) is 19.2. The Balaban J connectivity index is 2.33. The lowest BCUT2D eigenvalue weighted by Gasteiger charge is -2.36. The molecule has 0 unspecified atom stereocenters. The number of esters is 2. The van der Waals surface area contributed by atoms with Crippen molar-refractivity contribution in [2.75, 3.05) is 13.2 Å². The number of unbranched alkanes of at least 4 members (excludes halogenated alkanes) is 3. The second-order valence-corrected chi connectivity index (χ2v) is 9.71. The van der Waals surface area contributed by atoms with Crippen molar-refractivity contribution in [1.29, 1.82) is 0 Å². The fourth-order valence-corrected chi connectivity index (χ4v) is 4.87. The minimum atomic E-state index is -3.86. The molecule has 0 N–H and O–H groups in total. The lowest BCUT2D eigenvalue weighted by Crippen LogP contribution is -2.49. The van der Waals surface area contributed by atoms with Crippen LogP contribution in [-0.4, -0.2) is 56.2 Å². The predicted molar refractivity (Wildman–Crippen MR) is 119 cm³/mol. The van der Waals surface area contributed by atoms with Crippen LogP contribution in [-0.2, 0) is 33.8 Å². The molecule has 1 aromatic carbocycles. The van der Waals surface area contributed by atoms with Crippen molar-refractivity contribution < 1.29 is 32.2 Å². The van der Waals surface area contributed by atoms with E-state index >= 15 is 0 Å². The van der Waals surface area contributed by atoms with E-state index in [0.29, 0.717) is 6.42 Å². The highest BCUT2D eigenvalue weighted by atomic mass is 32.2. The highest BCUT2D eigenvalue weighted by Crippen LogP contribution is 2.26. The van der Waals surface area contributed by atoms with E-state index in [4.69, 9.17) is 14.2 Å². The number of benzene rings is 1. The van der Waals surface area contributed by atoms with Gasteiger partial charge in [0.15, 0.2) is 0 Å². The number of hydrogen-bond acceptors (Lipinski definition) is 7. The fraction of sp³-hybridized carbons (Fsp3) is 0.565. The third-order valence-corrected chi connectivity index (χ3v) is 6.92. The molecule has 0 spiro atoms. The molecular weight excluding hydrogens is 434 g/mol. The summed E-state index contributed by atoms with van der Waals surface area (Å²) in [6.07, 6.45) is 4.22. The average molecular weight is 468 g/mol. The zero-order chi connectivity index (χ0) is 23.7. The van der Waals surface area contributed by atoms with Crippen LogP contribution in [0, 0.1) is 6.92 Å². The molecule has 2 rings (SSSR count). The van der Waals surface area contributed by atoms with Crippen molar-refractivity contribution >= 4 is 22.0 Å². The highest BCUT2D eigenvalue weighted by molar-refractivity contribution is 7.89. The van der Waals surface area contributed by atoms with Gasteiger partial charge in [0.05, 0.1) is 4.90 Å². The molecule has 32 heavy (non-hydrogen) atoms. The third-order valence-electron chi connectivity index (χ3n) is 5.04. The molecule has 1 heterocycles. The molecule has 8 nitrogen and oxygen atoms in total. The van der Waals surface area contributed by atoms with Crippen LogP contribution in [0.15, 0.2) is 41.3 Å². The second kappa shape index (κ2) is 12.1. The van der Waals surface area contributed by atoms with E-state index in [9.17, 15) is 18.0 Å². The number of aryl methyl sites for hydroxylation is 1. The van der Waals surface area contributed by atoms with Crippen molar-refractivity contribution in [2.24, 2.45) is 0 Å². The van der Waals surface area contributed by atoms with Crippen LogP contribution in [0.1, 0.15) is 52.0 Å². The molecule has 0 saturated carbocycles. The van der Waals surface area contributed by atoms with E-state index in [1.807, 2.05) is 6.92 Å². The number of sulfonamides is 1. The van der Waals surface area contributed by atoms with Crippen molar-refractivity contribution in [3.63, 3.8) is 0 Å². The molecule has 0 saturated heterocycles. The topological polar surface area (TPSA) is 99.2 Å². The highest BCUT2D eigenvalue weighted by Gasteiger charge is 2.37. The summed E-state index contributed by atoms with van der Waals surface area (Å²) in [7, 11) is -3.86.